The van der Waals surface area contributed by atoms with E-state index in [1.807, 2.05) is 42.5 Å². The second-order valence-electron chi connectivity index (χ2n) is 4.44. The molecular formula is C16H18ClNO2. The minimum atomic E-state index is -0.564. The largest absolute Gasteiger partial charge is 0.492 e. The van der Waals surface area contributed by atoms with Crippen LogP contribution in [0.25, 0.3) is 0 Å². The molecule has 2 aromatic carbocycles. The maximum atomic E-state index is 10.00. The molecule has 0 aliphatic carbocycles. The van der Waals surface area contributed by atoms with E-state index in [2.05, 4.69) is 5.32 Å². The molecule has 2 N–H and O–H groups in total. The van der Waals surface area contributed by atoms with Gasteiger partial charge in [0.15, 0.2) is 0 Å². The summed E-state index contributed by atoms with van der Waals surface area (Å²) in [6.45, 7) is 1.71. The Balaban J connectivity index is 1.66. The summed E-state index contributed by atoms with van der Waals surface area (Å²) < 4.78 is 5.55. The van der Waals surface area contributed by atoms with Crippen LogP contribution in [0.3, 0.4) is 0 Å². The number of rotatable bonds is 7. The third-order valence-electron chi connectivity index (χ3n) is 2.86. The van der Waals surface area contributed by atoms with Crippen LogP contribution in [-0.4, -0.2) is 24.8 Å². The normalized spacial score (nSPS) is 12.1. The van der Waals surface area contributed by atoms with Gasteiger partial charge in [-0.3, -0.25) is 0 Å². The van der Waals surface area contributed by atoms with Crippen LogP contribution in [0, 0.1) is 0 Å². The highest BCUT2D eigenvalue weighted by Crippen LogP contribution is 2.16. The van der Waals surface area contributed by atoms with Crippen molar-refractivity contribution in [3.8, 4) is 5.75 Å². The molecule has 0 radical (unpaired) electrons. The summed E-state index contributed by atoms with van der Waals surface area (Å²) in [5.74, 6) is 0.852. The number of halogens is 1. The molecule has 0 saturated carbocycles. The lowest BCUT2D eigenvalue weighted by molar-refractivity contribution is 0.172. The van der Waals surface area contributed by atoms with Gasteiger partial charge >= 0.3 is 0 Å². The molecule has 0 unspecified atom stereocenters. The molecule has 20 heavy (non-hydrogen) atoms. The zero-order chi connectivity index (χ0) is 14.2. The van der Waals surface area contributed by atoms with Gasteiger partial charge in [-0.2, -0.15) is 0 Å². The number of hydrogen-bond acceptors (Lipinski definition) is 3. The van der Waals surface area contributed by atoms with E-state index in [0.29, 0.717) is 24.7 Å². The van der Waals surface area contributed by atoms with Crippen LogP contribution in [-0.2, 0) is 0 Å². The van der Waals surface area contributed by atoms with Gasteiger partial charge in [0, 0.05) is 18.1 Å². The van der Waals surface area contributed by atoms with Gasteiger partial charge in [-0.15, -0.1) is 0 Å². The third kappa shape index (κ3) is 4.85. The predicted molar refractivity (Wildman–Crippen MR) is 81.2 cm³/mol. The van der Waals surface area contributed by atoms with Gasteiger partial charge in [0.1, 0.15) is 12.4 Å². The maximum absolute atomic E-state index is 10.00. The van der Waals surface area contributed by atoms with Crippen molar-refractivity contribution in [1.29, 1.82) is 0 Å². The highest BCUT2D eigenvalue weighted by Gasteiger charge is 2.06. The zero-order valence-corrected chi connectivity index (χ0v) is 11.9. The fourth-order valence-corrected chi connectivity index (χ4v) is 2.03. The molecule has 0 aliphatic rings. The lowest BCUT2D eigenvalue weighted by Gasteiger charge is -2.13. The minimum Gasteiger partial charge on any atom is -0.492 e. The van der Waals surface area contributed by atoms with Crippen molar-refractivity contribution in [2.75, 3.05) is 19.7 Å². The van der Waals surface area contributed by atoms with Crippen molar-refractivity contribution in [3.63, 3.8) is 0 Å². The second kappa shape index (κ2) is 7.90. The van der Waals surface area contributed by atoms with Crippen LogP contribution in [0.4, 0.5) is 0 Å². The minimum absolute atomic E-state index is 0.471. The predicted octanol–water partition coefficient (Wildman–Crippen LogP) is 3.04. The fourth-order valence-electron chi connectivity index (χ4n) is 1.83. The first-order valence-corrected chi connectivity index (χ1v) is 6.95. The Labute approximate surface area is 124 Å². The molecule has 4 heteroatoms. The molecule has 2 rings (SSSR count). The van der Waals surface area contributed by atoms with Crippen molar-refractivity contribution in [2.45, 2.75) is 6.10 Å². The van der Waals surface area contributed by atoms with E-state index in [1.165, 1.54) is 0 Å². The first kappa shape index (κ1) is 14.9. The van der Waals surface area contributed by atoms with Crippen molar-refractivity contribution >= 4 is 11.6 Å². The fraction of sp³-hybridized carbons (Fsp3) is 0.250. The zero-order valence-electron chi connectivity index (χ0n) is 11.1. The highest BCUT2D eigenvalue weighted by atomic mass is 35.5. The van der Waals surface area contributed by atoms with E-state index in [9.17, 15) is 5.11 Å². The Bertz CT molecular complexity index is 519. The quantitative estimate of drug-likeness (QED) is 0.771. The number of aliphatic hydroxyl groups excluding tert-OH is 1. The Morgan fingerprint density at radius 1 is 1.10 bits per heavy atom. The molecule has 0 aliphatic heterocycles. The van der Waals surface area contributed by atoms with E-state index in [4.69, 9.17) is 16.3 Å². The number of benzene rings is 2. The summed E-state index contributed by atoms with van der Waals surface area (Å²) in [7, 11) is 0. The smallest absolute Gasteiger partial charge is 0.119 e. The van der Waals surface area contributed by atoms with Gasteiger partial charge < -0.3 is 15.2 Å². The third-order valence-corrected chi connectivity index (χ3v) is 3.10. The average Bonchev–Trinajstić information content (AvgIpc) is 2.48. The van der Waals surface area contributed by atoms with Crippen LogP contribution < -0.4 is 10.1 Å². The monoisotopic (exact) mass is 291 g/mol. The Morgan fingerprint density at radius 2 is 1.90 bits per heavy atom. The van der Waals surface area contributed by atoms with Gasteiger partial charge in [0.25, 0.3) is 0 Å². The van der Waals surface area contributed by atoms with Gasteiger partial charge in [-0.05, 0) is 29.8 Å². The molecule has 2 aromatic rings. The van der Waals surface area contributed by atoms with Crippen LogP contribution >= 0.6 is 11.6 Å². The van der Waals surface area contributed by atoms with Gasteiger partial charge in [-0.1, -0.05) is 41.9 Å². The number of aliphatic hydroxyl groups is 1. The van der Waals surface area contributed by atoms with Gasteiger partial charge in [0.05, 0.1) is 6.10 Å². The molecule has 0 amide bonds. The van der Waals surface area contributed by atoms with Crippen LogP contribution in [0.5, 0.6) is 5.75 Å². The van der Waals surface area contributed by atoms with Crippen molar-refractivity contribution < 1.29 is 9.84 Å². The average molecular weight is 292 g/mol. The van der Waals surface area contributed by atoms with Crippen molar-refractivity contribution in [2.24, 2.45) is 0 Å². The summed E-state index contributed by atoms with van der Waals surface area (Å²) in [6, 6.07) is 16.9. The van der Waals surface area contributed by atoms with Crippen LogP contribution in [0.1, 0.15) is 11.7 Å². The van der Waals surface area contributed by atoms with E-state index in [1.54, 1.807) is 12.1 Å². The SMILES string of the molecule is O[C@@H](CNCCOc1ccccc1)c1cccc(Cl)c1. The van der Waals surface area contributed by atoms with E-state index in [-0.39, 0.29) is 0 Å². The second-order valence-corrected chi connectivity index (χ2v) is 4.87. The lowest BCUT2D eigenvalue weighted by Crippen LogP contribution is -2.26. The molecular weight excluding hydrogens is 274 g/mol. The van der Waals surface area contributed by atoms with E-state index >= 15 is 0 Å². The summed E-state index contributed by atoms with van der Waals surface area (Å²) in [4.78, 5) is 0. The van der Waals surface area contributed by atoms with E-state index in [0.717, 1.165) is 11.3 Å². The first-order valence-electron chi connectivity index (χ1n) is 6.58. The number of ether oxygens (including phenoxy) is 1. The number of para-hydroxylation sites is 1. The van der Waals surface area contributed by atoms with Gasteiger partial charge in [0.2, 0.25) is 0 Å². The van der Waals surface area contributed by atoms with Crippen LogP contribution in [0.2, 0.25) is 5.02 Å². The number of hydrogen-bond donors (Lipinski definition) is 2. The van der Waals surface area contributed by atoms with E-state index < -0.39 is 6.10 Å². The Morgan fingerprint density at radius 3 is 2.65 bits per heavy atom. The lowest BCUT2D eigenvalue weighted by atomic mass is 10.1. The molecule has 0 spiro atoms. The molecule has 0 bridgehead atoms. The molecule has 0 heterocycles. The summed E-state index contributed by atoms with van der Waals surface area (Å²) in [6.07, 6.45) is -0.564. The Hall–Kier alpha value is -1.55. The summed E-state index contributed by atoms with van der Waals surface area (Å²) in [5.41, 5.74) is 0.814. The summed E-state index contributed by atoms with van der Waals surface area (Å²) in [5, 5.41) is 13.8. The first-order chi connectivity index (χ1) is 9.75. The van der Waals surface area contributed by atoms with Gasteiger partial charge in [-0.25, -0.2) is 0 Å². The summed E-state index contributed by atoms with van der Waals surface area (Å²) >= 11 is 5.89. The maximum Gasteiger partial charge on any atom is 0.119 e. The molecule has 0 fully saturated rings. The Kier molecular flexibility index (Phi) is 5.87. The standard InChI is InChI=1S/C16H18ClNO2/c17-14-6-4-5-13(11-14)16(19)12-18-9-10-20-15-7-2-1-3-8-15/h1-8,11,16,18-19H,9-10,12H2/t16-/m0/s1. The molecule has 3 nitrogen and oxygen atoms in total. The molecule has 106 valence electrons. The molecule has 0 saturated heterocycles. The number of nitrogens with one attached hydrogen (secondary N) is 1. The van der Waals surface area contributed by atoms with Crippen LogP contribution in [0.15, 0.2) is 54.6 Å². The van der Waals surface area contributed by atoms with Crippen molar-refractivity contribution in [3.05, 3.63) is 65.2 Å². The van der Waals surface area contributed by atoms with Crippen molar-refractivity contribution in [1.82, 2.24) is 5.32 Å². The molecule has 0 aromatic heterocycles. The topological polar surface area (TPSA) is 41.5 Å². The highest BCUT2D eigenvalue weighted by molar-refractivity contribution is 6.30. The molecule has 1 atom stereocenters.